The minimum atomic E-state index is -0.268. The van der Waals surface area contributed by atoms with E-state index in [1.807, 2.05) is 19.1 Å². The maximum absolute atomic E-state index is 12.8. The van der Waals surface area contributed by atoms with Gasteiger partial charge in [0.2, 0.25) is 0 Å². The Kier molecular flexibility index (Phi) is 5.41. The summed E-state index contributed by atoms with van der Waals surface area (Å²) in [4.78, 5) is 17.0. The van der Waals surface area contributed by atoms with E-state index in [1.165, 1.54) is 23.5 Å². The van der Waals surface area contributed by atoms with Crippen molar-refractivity contribution in [2.24, 2.45) is 5.73 Å². The van der Waals surface area contributed by atoms with Gasteiger partial charge in [0.15, 0.2) is 0 Å². The normalized spacial score (nSPS) is 12.5. The second-order valence-electron chi connectivity index (χ2n) is 4.92. The lowest BCUT2D eigenvalue weighted by atomic mass is 10.2. The number of hydrogen-bond donors (Lipinski definition) is 2. The van der Waals surface area contributed by atoms with E-state index in [-0.39, 0.29) is 17.8 Å². The van der Waals surface area contributed by atoms with Gasteiger partial charge in [-0.25, -0.2) is 9.37 Å². The van der Waals surface area contributed by atoms with E-state index in [9.17, 15) is 9.18 Å². The van der Waals surface area contributed by atoms with Crippen LogP contribution >= 0.6 is 11.3 Å². The third kappa shape index (κ3) is 4.22. The molecule has 6 heteroatoms. The van der Waals surface area contributed by atoms with E-state index in [4.69, 9.17) is 5.73 Å². The van der Waals surface area contributed by atoms with E-state index in [0.29, 0.717) is 17.1 Å². The Morgan fingerprint density at radius 3 is 2.73 bits per heavy atom. The van der Waals surface area contributed by atoms with Crippen LogP contribution < -0.4 is 11.1 Å². The predicted molar refractivity (Wildman–Crippen MR) is 87.2 cm³/mol. The number of nitrogens with two attached hydrogens (primary N) is 1. The van der Waals surface area contributed by atoms with Crippen molar-refractivity contribution in [3.63, 3.8) is 0 Å². The number of nitrogens with zero attached hydrogens (tertiary/aromatic N) is 1. The summed E-state index contributed by atoms with van der Waals surface area (Å²) in [6.07, 6.45) is 3.64. The first kappa shape index (κ1) is 16.3. The van der Waals surface area contributed by atoms with Gasteiger partial charge in [-0.3, -0.25) is 4.79 Å². The van der Waals surface area contributed by atoms with Gasteiger partial charge in [-0.2, -0.15) is 0 Å². The van der Waals surface area contributed by atoms with Crippen LogP contribution in [0.2, 0.25) is 0 Å². The van der Waals surface area contributed by atoms with Crippen molar-refractivity contribution >= 4 is 23.3 Å². The molecule has 1 heterocycles. The van der Waals surface area contributed by atoms with Crippen molar-refractivity contribution in [1.29, 1.82) is 0 Å². The second kappa shape index (κ2) is 7.29. The molecule has 22 heavy (non-hydrogen) atoms. The Morgan fingerprint density at radius 2 is 2.14 bits per heavy atom. The maximum atomic E-state index is 12.8. The predicted octanol–water partition coefficient (Wildman–Crippen LogP) is 3.05. The zero-order chi connectivity index (χ0) is 16.1. The largest absolute Gasteiger partial charge is 0.348 e. The van der Waals surface area contributed by atoms with Crippen molar-refractivity contribution in [2.45, 2.75) is 19.9 Å². The number of halogens is 1. The van der Waals surface area contributed by atoms with E-state index in [2.05, 4.69) is 10.3 Å². The molecular weight excluding hydrogens is 301 g/mol. The van der Waals surface area contributed by atoms with Crippen molar-refractivity contribution in [2.75, 3.05) is 6.54 Å². The van der Waals surface area contributed by atoms with Crippen LogP contribution in [0.3, 0.4) is 0 Å². The summed E-state index contributed by atoms with van der Waals surface area (Å²) in [6, 6.07) is 5.97. The third-order valence-electron chi connectivity index (χ3n) is 2.97. The number of aromatic nitrogens is 1. The molecule has 1 amide bonds. The first-order chi connectivity index (χ1) is 10.5. The SMILES string of the molecule is Cc1nc(C(C)N)sc1C(=O)NC/C=C/c1ccc(F)cc1. The summed E-state index contributed by atoms with van der Waals surface area (Å²) in [6.45, 7) is 4.03. The molecule has 4 nitrogen and oxygen atoms in total. The average molecular weight is 319 g/mol. The summed E-state index contributed by atoms with van der Waals surface area (Å²) in [5, 5.41) is 3.56. The zero-order valence-corrected chi connectivity index (χ0v) is 13.3. The van der Waals surface area contributed by atoms with Crippen LogP contribution in [0, 0.1) is 12.7 Å². The van der Waals surface area contributed by atoms with Crippen LogP contribution in [0.25, 0.3) is 6.08 Å². The van der Waals surface area contributed by atoms with Crippen molar-refractivity contribution < 1.29 is 9.18 Å². The monoisotopic (exact) mass is 319 g/mol. The number of amides is 1. The number of hydrogen-bond acceptors (Lipinski definition) is 4. The number of benzene rings is 1. The Morgan fingerprint density at radius 1 is 1.45 bits per heavy atom. The molecule has 0 aliphatic heterocycles. The lowest BCUT2D eigenvalue weighted by Crippen LogP contribution is -2.23. The molecule has 1 aromatic carbocycles. The fourth-order valence-electron chi connectivity index (χ4n) is 1.82. The van der Waals surface area contributed by atoms with Gasteiger partial charge in [-0.1, -0.05) is 24.3 Å². The molecule has 0 bridgehead atoms. The first-order valence-corrected chi connectivity index (χ1v) is 7.72. The smallest absolute Gasteiger partial charge is 0.263 e. The highest BCUT2D eigenvalue weighted by Crippen LogP contribution is 2.21. The van der Waals surface area contributed by atoms with Gasteiger partial charge in [0.1, 0.15) is 15.7 Å². The Balaban J connectivity index is 1.91. The fraction of sp³-hybridized carbons (Fsp3) is 0.250. The molecule has 1 unspecified atom stereocenters. The summed E-state index contributed by atoms with van der Waals surface area (Å²) in [7, 11) is 0. The van der Waals surface area contributed by atoms with E-state index in [0.717, 1.165) is 10.6 Å². The molecule has 0 saturated carbocycles. The minimum Gasteiger partial charge on any atom is -0.348 e. The van der Waals surface area contributed by atoms with Gasteiger partial charge >= 0.3 is 0 Å². The molecule has 0 fully saturated rings. The minimum absolute atomic E-state index is 0.161. The Labute approximate surface area is 132 Å². The molecule has 116 valence electrons. The van der Waals surface area contributed by atoms with Gasteiger partial charge < -0.3 is 11.1 Å². The van der Waals surface area contributed by atoms with Crippen molar-refractivity contribution in [3.8, 4) is 0 Å². The number of rotatable bonds is 5. The molecule has 0 aliphatic rings. The number of aryl methyl sites for hydroxylation is 1. The highest BCUT2D eigenvalue weighted by atomic mass is 32.1. The van der Waals surface area contributed by atoms with Gasteiger partial charge in [-0.05, 0) is 31.5 Å². The van der Waals surface area contributed by atoms with Crippen molar-refractivity contribution in [1.82, 2.24) is 10.3 Å². The fourth-order valence-corrected chi connectivity index (χ4v) is 2.76. The number of carbonyl (C=O) groups is 1. The molecule has 1 atom stereocenters. The van der Waals surface area contributed by atoms with Gasteiger partial charge in [0.05, 0.1) is 11.7 Å². The molecule has 0 aliphatic carbocycles. The highest BCUT2D eigenvalue weighted by molar-refractivity contribution is 7.13. The van der Waals surface area contributed by atoms with Crippen LogP contribution in [-0.4, -0.2) is 17.4 Å². The summed E-state index contributed by atoms with van der Waals surface area (Å²) in [5.74, 6) is -0.429. The van der Waals surface area contributed by atoms with E-state index in [1.54, 1.807) is 19.1 Å². The maximum Gasteiger partial charge on any atom is 0.263 e. The standard InChI is InChI=1S/C16H18FN3OS/c1-10(18)16-20-11(2)14(22-16)15(21)19-9-3-4-12-5-7-13(17)8-6-12/h3-8,10H,9,18H2,1-2H3,(H,19,21)/b4-3+. The van der Waals surface area contributed by atoms with Gasteiger partial charge in [0.25, 0.3) is 5.91 Å². The zero-order valence-electron chi connectivity index (χ0n) is 12.5. The molecule has 0 radical (unpaired) electrons. The second-order valence-corrected chi connectivity index (χ2v) is 5.95. The summed E-state index contributed by atoms with van der Waals surface area (Å²) < 4.78 is 12.8. The van der Waals surface area contributed by atoms with Crippen LogP contribution in [0.4, 0.5) is 4.39 Å². The average Bonchev–Trinajstić information content (AvgIpc) is 2.87. The summed E-state index contributed by atoms with van der Waals surface area (Å²) >= 11 is 1.32. The lowest BCUT2D eigenvalue weighted by Gasteiger charge is -2.00. The molecule has 1 aromatic heterocycles. The number of thiazole rings is 1. The first-order valence-electron chi connectivity index (χ1n) is 6.90. The number of carbonyl (C=O) groups excluding carboxylic acids is 1. The van der Waals surface area contributed by atoms with Gasteiger partial charge in [0, 0.05) is 6.54 Å². The molecule has 2 rings (SSSR count). The quantitative estimate of drug-likeness (QED) is 0.890. The van der Waals surface area contributed by atoms with Crippen LogP contribution in [0.5, 0.6) is 0 Å². The van der Waals surface area contributed by atoms with Crippen LogP contribution in [-0.2, 0) is 0 Å². The van der Waals surface area contributed by atoms with Gasteiger partial charge in [-0.15, -0.1) is 11.3 Å². The molecule has 2 aromatic rings. The summed E-state index contributed by atoms with van der Waals surface area (Å²) in [5.41, 5.74) is 7.34. The topological polar surface area (TPSA) is 68.0 Å². The van der Waals surface area contributed by atoms with E-state index < -0.39 is 0 Å². The molecular formula is C16H18FN3OS. The van der Waals surface area contributed by atoms with E-state index >= 15 is 0 Å². The third-order valence-corrected chi connectivity index (χ3v) is 4.33. The van der Waals surface area contributed by atoms with Crippen LogP contribution in [0.15, 0.2) is 30.3 Å². The molecule has 3 N–H and O–H groups in total. The highest BCUT2D eigenvalue weighted by Gasteiger charge is 2.16. The molecule has 0 saturated heterocycles. The van der Waals surface area contributed by atoms with Crippen LogP contribution in [0.1, 0.15) is 38.9 Å². The van der Waals surface area contributed by atoms with Crippen molar-refractivity contribution in [3.05, 3.63) is 57.3 Å². The number of nitrogens with one attached hydrogen (secondary N) is 1. The molecule has 0 spiro atoms. The lowest BCUT2D eigenvalue weighted by molar-refractivity contribution is 0.0961. The Hall–Kier alpha value is -2.05. The Bertz CT molecular complexity index is 677.